The van der Waals surface area contributed by atoms with Crippen molar-refractivity contribution in [3.8, 4) is 0 Å². The number of aryl methyl sites for hydroxylation is 1. The number of rotatable bonds is 7. The number of ketones is 1. The van der Waals surface area contributed by atoms with E-state index in [1.54, 1.807) is 18.2 Å². The molecular formula is C18H25N3O4. The summed E-state index contributed by atoms with van der Waals surface area (Å²) in [4.78, 5) is 36.2. The quantitative estimate of drug-likeness (QED) is 0.657. The molecule has 0 spiro atoms. The molecule has 0 heterocycles. The van der Waals surface area contributed by atoms with Crippen LogP contribution in [-0.2, 0) is 4.79 Å². The first-order valence-electron chi connectivity index (χ1n) is 8.45. The van der Waals surface area contributed by atoms with Gasteiger partial charge in [-0.3, -0.25) is 14.5 Å². The second-order valence-electron chi connectivity index (χ2n) is 6.46. The number of hydrogen-bond donors (Lipinski definition) is 3. The van der Waals surface area contributed by atoms with Crippen LogP contribution in [-0.4, -0.2) is 53.0 Å². The lowest BCUT2D eigenvalue weighted by Gasteiger charge is -2.42. The maximum atomic E-state index is 12.1. The van der Waals surface area contributed by atoms with Crippen LogP contribution in [0.4, 0.5) is 10.5 Å². The average Bonchev–Trinajstić information content (AvgIpc) is 2.48. The number of anilines is 1. The second kappa shape index (κ2) is 8.11. The van der Waals surface area contributed by atoms with Crippen molar-refractivity contribution < 1.29 is 19.5 Å². The molecule has 0 aromatic heterocycles. The minimum absolute atomic E-state index is 0.00384. The highest BCUT2D eigenvalue weighted by atomic mass is 16.4. The third-order valence-electron chi connectivity index (χ3n) is 4.57. The van der Waals surface area contributed by atoms with Gasteiger partial charge < -0.3 is 15.7 Å². The summed E-state index contributed by atoms with van der Waals surface area (Å²) in [5.74, 6) is -0.837. The van der Waals surface area contributed by atoms with Crippen LogP contribution in [0.15, 0.2) is 18.2 Å². The van der Waals surface area contributed by atoms with Crippen LogP contribution < -0.4 is 10.6 Å². The number of Topliss-reactive ketones (excluding diaryl/α,β-unsaturated/α-hetero) is 1. The Kier molecular flexibility index (Phi) is 6.14. The van der Waals surface area contributed by atoms with Gasteiger partial charge in [0.15, 0.2) is 5.78 Å². The van der Waals surface area contributed by atoms with E-state index in [0.717, 1.165) is 18.4 Å². The summed E-state index contributed by atoms with van der Waals surface area (Å²) >= 11 is 0. The van der Waals surface area contributed by atoms with Gasteiger partial charge in [0.1, 0.15) is 0 Å². The number of nitrogens with zero attached hydrogens (tertiary/aromatic N) is 1. The molecule has 0 radical (unpaired) electrons. The zero-order valence-corrected chi connectivity index (χ0v) is 14.8. The van der Waals surface area contributed by atoms with Gasteiger partial charge in [-0.15, -0.1) is 0 Å². The molecule has 0 atom stereocenters. The predicted molar refractivity (Wildman–Crippen MR) is 95.0 cm³/mol. The number of carboxylic acid groups (broad SMARTS) is 1. The minimum Gasteiger partial charge on any atom is -0.480 e. The SMILES string of the molecule is CCN(CC(=O)O)C1CC(NC(=O)Nc2ccc(C(C)=O)c(C)c2)C1. The van der Waals surface area contributed by atoms with E-state index in [1.165, 1.54) is 6.92 Å². The molecule has 1 saturated carbocycles. The van der Waals surface area contributed by atoms with E-state index in [-0.39, 0.29) is 30.4 Å². The van der Waals surface area contributed by atoms with Crippen LogP contribution >= 0.6 is 0 Å². The molecule has 0 aliphatic heterocycles. The van der Waals surface area contributed by atoms with Crippen molar-refractivity contribution in [2.24, 2.45) is 0 Å². The fourth-order valence-corrected chi connectivity index (χ4v) is 3.17. The molecule has 0 saturated heterocycles. The number of carboxylic acids is 1. The Balaban J connectivity index is 1.81. The number of aliphatic carboxylic acids is 1. The number of carbonyl (C=O) groups excluding carboxylic acids is 2. The van der Waals surface area contributed by atoms with Gasteiger partial charge in [-0.05, 0) is 57.0 Å². The normalized spacial score (nSPS) is 19.2. The highest BCUT2D eigenvalue weighted by Gasteiger charge is 2.34. The lowest BCUT2D eigenvalue weighted by Crippen LogP contribution is -2.55. The largest absolute Gasteiger partial charge is 0.480 e. The van der Waals surface area contributed by atoms with E-state index in [0.29, 0.717) is 17.8 Å². The number of benzene rings is 1. The fraction of sp³-hybridized carbons (Fsp3) is 0.500. The van der Waals surface area contributed by atoms with Crippen molar-refractivity contribution >= 4 is 23.5 Å². The summed E-state index contributed by atoms with van der Waals surface area (Å²) in [6, 6.07) is 5.13. The Morgan fingerprint density at radius 1 is 1.28 bits per heavy atom. The topological polar surface area (TPSA) is 98.7 Å². The number of hydrogen-bond acceptors (Lipinski definition) is 4. The molecule has 0 unspecified atom stereocenters. The Labute approximate surface area is 147 Å². The first kappa shape index (κ1) is 18.9. The third-order valence-corrected chi connectivity index (χ3v) is 4.57. The van der Waals surface area contributed by atoms with Crippen molar-refractivity contribution in [3.05, 3.63) is 29.3 Å². The molecule has 0 bridgehead atoms. The summed E-state index contributed by atoms with van der Waals surface area (Å²) in [6.45, 7) is 5.99. The van der Waals surface area contributed by atoms with Gasteiger partial charge in [-0.25, -0.2) is 4.79 Å². The van der Waals surface area contributed by atoms with Gasteiger partial charge in [0.05, 0.1) is 6.54 Å². The molecule has 3 N–H and O–H groups in total. The van der Waals surface area contributed by atoms with Crippen molar-refractivity contribution in [1.82, 2.24) is 10.2 Å². The highest BCUT2D eigenvalue weighted by Crippen LogP contribution is 2.25. The van der Waals surface area contributed by atoms with Crippen LogP contribution in [0.5, 0.6) is 0 Å². The van der Waals surface area contributed by atoms with Crippen LogP contribution in [0.3, 0.4) is 0 Å². The van der Waals surface area contributed by atoms with E-state index in [9.17, 15) is 14.4 Å². The zero-order valence-electron chi connectivity index (χ0n) is 14.8. The first-order valence-corrected chi connectivity index (χ1v) is 8.45. The molecule has 1 aromatic rings. The van der Waals surface area contributed by atoms with E-state index in [1.807, 2.05) is 18.7 Å². The van der Waals surface area contributed by atoms with Crippen LogP contribution in [0.25, 0.3) is 0 Å². The monoisotopic (exact) mass is 347 g/mol. The van der Waals surface area contributed by atoms with Gasteiger partial charge in [0, 0.05) is 23.3 Å². The molecule has 7 heteroatoms. The number of amides is 2. The number of urea groups is 1. The lowest BCUT2D eigenvalue weighted by molar-refractivity contribution is -0.139. The van der Waals surface area contributed by atoms with E-state index < -0.39 is 5.97 Å². The van der Waals surface area contributed by atoms with Gasteiger partial charge in [0.25, 0.3) is 0 Å². The van der Waals surface area contributed by atoms with Crippen LogP contribution in [0.2, 0.25) is 0 Å². The van der Waals surface area contributed by atoms with Crippen LogP contribution in [0, 0.1) is 6.92 Å². The third kappa shape index (κ3) is 5.03. The van der Waals surface area contributed by atoms with Gasteiger partial charge >= 0.3 is 12.0 Å². The van der Waals surface area contributed by atoms with Crippen molar-refractivity contribution in [1.29, 1.82) is 0 Å². The molecular weight excluding hydrogens is 322 g/mol. The molecule has 1 aliphatic rings. The molecule has 2 amide bonds. The smallest absolute Gasteiger partial charge is 0.319 e. The minimum atomic E-state index is -0.833. The van der Waals surface area contributed by atoms with Crippen molar-refractivity contribution in [2.45, 2.75) is 45.7 Å². The number of likely N-dealkylation sites (N-methyl/N-ethyl adjacent to an activating group) is 1. The summed E-state index contributed by atoms with van der Waals surface area (Å²) in [5, 5.41) is 14.6. The molecule has 1 fully saturated rings. The first-order chi connectivity index (χ1) is 11.8. The number of nitrogens with one attached hydrogen (secondary N) is 2. The highest BCUT2D eigenvalue weighted by molar-refractivity contribution is 5.97. The Bertz CT molecular complexity index is 668. The Morgan fingerprint density at radius 3 is 2.48 bits per heavy atom. The summed E-state index contributed by atoms with van der Waals surface area (Å²) < 4.78 is 0. The molecule has 136 valence electrons. The summed E-state index contributed by atoms with van der Waals surface area (Å²) in [6.07, 6.45) is 1.49. The fourth-order valence-electron chi connectivity index (χ4n) is 3.17. The van der Waals surface area contributed by atoms with Crippen molar-refractivity contribution in [2.75, 3.05) is 18.4 Å². The number of carbonyl (C=O) groups is 3. The van der Waals surface area contributed by atoms with Gasteiger partial charge in [-0.2, -0.15) is 0 Å². The lowest BCUT2D eigenvalue weighted by atomic mass is 9.85. The standard InChI is InChI=1S/C18H25N3O4/c1-4-21(10-17(23)24)15-8-14(9-15)20-18(25)19-13-5-6-16(12(3)22)11(2)7-13/h5-7,14-15H,4,8-10H2,1-3H3,(H,23,24)(H2,19,20,25). The van der Waals surface area contributed by atoms with E-state index >= 15 is 0 Å². The van der Waals surface area contributed by atoms with Gasteiger partial charge in [-0.1, -0.05) is 6.92 Å². The van der Waals surface area contributed by atoms with E-state index in [2.05, 4.69) is 10.6 Å². The predicted octanol–water partition coefficient (Wildman–Crippen LogP) is 2.26. The maximum Gasteiger partial charge on any atom is 0.319 e. The molecule has 25 heavy (non-hydrogen) atoms. The average molecular weight is 347 g/mol. The second-order valence-corrected chi connectivity index (χ2v) is 6.46. The summed E-state index contributed by atoms with van der Waals surface area (Å²) in [7, 11) is 0. The maximum absolute atomic E-state index is 12.1. The van der Waals surface area contributed by atoms with Crippen molar-refractivity contribution in [3.63, 3.8) is 0 Å². The zero-order chi connectivity index (χ0) is 18.6. The van der Waals surface area contributed by atoms with E-state index in [4.69, 9.17) is 5.11 Å². The Morgan fingerprint density at radius 2 is 1.96 bits per heavy atom. The molecule has 1 aliphatic carbocycles. The molecule has 7 nitrogen and oxygen atoms in total. The molecule has 2 rings (SSSR count). The van der Waals surface area contributed by atoms with Crippen LogP contribution in [0.1, 0.15) is 42.6 Å². The Hall–Kier alpha value is -2.41. The van der Waals surface area contributed by atoms with Gasteiger partial charge in [0.2, 0.25) is 0 Å². The summed E-state index contributed by atoms with van der Waals surface area (Å²) in [5.41, 5.74) is 2.10. The molecule has 1 aromatic carbocycles.